The number of urea groups is 1. The predicted octanol–water partition coefficient (Wildman–Crippen LogP) is 4.29. The SMILES string of the molecule is Cc1cc(C(=O)Nc2n[nH]c3c2CN(C(=O)Nc2c(Cl)cccc2Cl)C3(C)C)n(C)n1. The third-order valence-corrected chi connectivity index (χ3v) is 6.01. The minimum atomic E-state index is -0.702. The highest BCUT2D eigenvalue weighted by Crippen LogP contribution is 2.41. The van der Waals surface area contributed by atoms with Crippen LogP contribution < -0.4 is 10.6 Å². The number of amides is 3. The quantitative estimate of drug-likeness (QED) is 0.540. The number of fused-ring (bicyclic) bond motifs is 1. The third kappa shape index (κ3) is 3.64. The summed E-state index contributed by atoms with van der Waals surface area (Å²) in [5.74, 6) is 0.0407. The van der Waals surface area contributed by atoms with E-state index in [1.807, 2.05) is 20.8 Å². The van der Waals surface area contributed by atoms with E-state index in [4.69, 9.17) is 23.2 Å². The molecule has 11 heteroatoms. The molecule has 0 saturated carbocycles. The molecule has 0 bridgehead atoms. The first-order valence-electron chi connectivity index (χ1n) is 9.52. The molecule has 3 N–H and O–H groups in total. The fraction of sp³-hybridized carbons (Fsp3) is 0.300. The van der Waals surface area contributed by atoms with E-state index in [0.717, 1.165) is 17.0 Å². The first-order chi connectivity index (χ1) is 14.6. The van der Waals surface area contributed by atoms with Gasteiger partial charge in [-0.05, 0) is 39.0 Å². The van der Waals surface area contributed by atoms with E-state index in [0.29, 0.717) is 27.2 Å². The summed E-state index contributed by atoms with van der Waals surface area (Å²) in [6.45, 7) is 5.84. The number of carbonyl (C=O) groups excluding carboxylic acids is 2. The van der Waals surface area contributed by atoms with Crippen molar-refractivity contribution in [1.82, 2.24) is 24.9 Å². The van der Waals surface area contributed by atoms with Crippen molar-refractivity contribution in [3.63, 3.8) is 0 Å². The Morgan fingerprint density at radius 2 is 1.87 bits per heavy atom. The fourth-order valence-corrected chi connectivity index (χ4v) is 4.22. The van der Waals surface area contributed by atoms with Gasteiger partial charge < -0.3 is 15.5 Å². The summed E-state index contributed by atoms with van der Waals surface area (Å²) in [4.78, 5) is 27.4. The number of carbonyl (C=O) groups is 2. The van der Waals surface area contributed by atoms with Crippen molar-refractivity contribution >= 4 is 46.6 Å². The Bertz CT molecular complexity index is 1180. The molecule has 9 nitrogen and oxygen atoms in total. The molecule has 4 rings (SSSR count). The third-order valence-electron chi connectivity index (χ3n) is 5.38. The van der Waals surface area contributed by atoms with Gasteiger partial charge in [0.1, 0.15) is 5.69 Å². The highest BCUT2D eigenvalue weighted by atomic mass is 35.5. The van der Waals surface area contributed by atoms with E-state index in [9.17, 15) is 9.59 Å². The zero-order valence-corrected chi connectivity index (χ0v) is 18.9. The molecule has 0 aliphatic carbocycles. The Kier molecular flexibility index (Phi) is 5.18. The molecule has 0 atom stereocenters. The van der Waals surface area contributed by atoms with E-state index in [1.165, 1.54) is 4.68 Å². The number of hydrogen-bond acceptors (Lipinski definition) is 4. The summed E-state index contributed by atoms with van der Waals surface area (Å²) in [7, 11) is 1.70. The number of para-hydroxylation sites is 1. The Labute approximate surface area is 188 Å². The highest BCUT2D eigenvalue weighted by Gasteiger charge is 2.44. The first-order valence-corrected chi connectivity index (χ1v) is 10.3. The van der Waals surface area contributed by atoms with Gasteiger partial charge in [-0.3, -0.25) is 14.6 Å². The summed E-state index contributed by atoms with van der Waals surface area (Å²) in [6.07, 6.45) is 0. The lowest BCUT2D eigenvalue weighted by Gasteiger charge is -2.32. The molecule has 1 aromatic carbocycles. The Hall–Kier alpha value is -3.04. The molecule has 1 aliphatic heterocycles. The van der Waals surface area contributed by atoms with E-state index < -0.39 is 5.54 Å². The standard InChI is InChI=1S/C20H21Cl2N7O2/c1-10-8-14(28(4)27-10)18(30)24-17-11-9-29(20(2,3)16(11)25-26-17)19(31)23-15-12(21)6-5-7-13(15)22/h5-8H,9H2,1-4H3,(H,23,31)(H2,24,25,26,30). The van der Waals surface area contributed by atoms with Gasteiger partial charge in [0.15, 0.2) is 5.82 Å². The molecule has 0 unspecified atom stereocenters. The molecule has 2 aromatic heterocycles. The van der Waals surface area contributed by atoms with Crippen molar-refractivity contribution in [2.75, 3.05) is 10.6 Å². The molecular formula is C20H21Cl2N7O2. The molecule has 162 valence electrons. The Balaban J connectivity index is 1.57. The van der Waals surface area contributed by atoms with Crippen LogP contribution >= 0.6 is 23.2 Å². The van der Waals surface area contributed by atoms with Gasteiger partial charge in [-0.15, -0.1) is 0 Å². The van der Waals surface area contributed by atoms with Gasteiger partial charge >= 0.3 is 6.03 Å². The van der Waals surface area contributed by atoms with Crippen molar-refractivity contribution in [3.8, 4) is 0 Å². The van der Waals surface area contributed by atoms with Crippen LogP contribution in [0.1, 0.15) is 41.3 Å². The molecule has 0 radical (unpaired) electrons. The summed E-state index contributed by atoms with van der Waals surface area (Å²) in [6, 6.07) is 6.33. The Morgan fingerprint density at radius 1 is 1.19 bits per heavy atom. The van der Waals surface area contributed by atoms with Gasteiger partial charge in [0, 0.05) is 12.6 Å². The number of halogens is 2. The first kappa shape index (κ1) is 21.2. The van der Waals surface area contributed by atoms with Crippen LogP contribution in [0.15, 0.2) is 24.3 Å². The average Bonchev–Trinajstić information content (AvgIpc) is 3.32. The topological polar surface area (TPSA) is 108 Å². The van der Waals surface area contributed by atoms with Gasteiger partial charge in [0.2, 0.25) is 0 Å². The van der Waals surface area contributed by atoms with Gasteiger partial charge in [-0.25, -0.2) is 4.79 Å². The number of rotatable bonds is 3. The zero-order valence-electron chi connectivity index (χ0n) is 17.4. The number of aryl methyl sites for hydroxylation is 2. The van der Waals surface area contributed by atoms with E-state index in [-0.39, 0.29) is 18.5 Å². The van der Waals surface area contributed by atoms with Crippen molar-refractivity contribution in [2.45, 2.75) is 32.9 Å². The number of nitrogens with one attached hydrogen (secondary N) is 3. The second kappa shape index (κ2) is 7.58. The molecular weight excluding hydrogens is 441 g/mol. The van der Waals surface area contributed by atoms with Crippen molar-refractivity contribution in [2.24, 2.45) is 7.05 Å². The van der Waals surface area contributed by atoms with E-state index in [1.54, 1.807) is 36.2 Å². The summed E-state index contributed by atoms with van der Waals surface area (Å²) in [5, 5.41) is 17.7. The highest BCUT2D eigenvalue weighted by molar-refractivity contribution is 6.39. The number of H-pyrrole nitrogens is 1. The second-order valence-corrected chi connectivity index (χ2v) is 8.66. The average molecular weight is 462 g/mol. The summed E-state index contributed by atoms with van der Waals surface area (Å²) >= 11 is 12.4. The van der Waals surface area contributed by atoms with Crippen LogP contribution in [0.2, 0.25) is 10.0 Å². The lowest BCUT2D eigenvalue weighted by molar-refractivity contribution is 0.101. The summed E-state index contributed by atoms with van der Waals surface area (Å²) in [5.41, 5.74) is 2.27. The summed E-state index contributed by atoms with van der Waals surface area (Å²) < 4.78 is 1.51. The van der Waals surface area contributed by atoms with Crippen LogP contribution in [-0.4, -0.2) is 36.8 Å². The number of benzene rings is 1. The predicted molar refractivity (Wildman–Crippen MR) is 119 cm³/mol. The van der Waals surface area contributed by atoms with Crippen LogP contribution in [0.3, 0.4) is 0 Å². The maximum absolute atomic E-state index is 13.1. The molecule has 1 aliphatic rings. The molecule has 0 fully saturated rings. The number of aromatic nitrogens is 4. The number of anilines is 2. The molecule has 3 heterocycles. The van der Waals surface area contributed by atoms with Gasteiger partial charge in [-0.2, -0.15) is 10.2 Å². The van der Waals surface area contributed by atoms with Gasteiger partial charge in [0.05, 0.1) is 39.2 Å². The largest absolute Gasteiger partial charge is 0.323 e. The number of hydrogen-bond donors (Lipinski definition) is 3. The molecule has 3 amide bonds. The monoisotopic (exact) mass is 461 g/mol. The van der Waals surface area contributed by atoms with Crippen LogP contribution in [0.25, 0.3) is 0 Å². The number of nitrogens with zero attached hydrogens (tertiary/aromatic N) is 4. The second-order valence-electron chi connectivity index (χ2n) is 7.85. The maximum atomic E-state index is 13.1. The van der Waals surface area contributed by atoms with Crippen molar-refractivity contribution in [3.05, 3.63) is 57.0 Å². The lowest BCUT2D eigenvalue weighted by Crippen LogP contribution is -2.43. The van der Waals surface area contributed by atoms with Crippen molar-refractivity contribution in [1.29, 1.82) is 0 Å². The van der Waals surface area contributed by atoms with Gasteiger partial charge in [-0.1, -0.05) is 29.3 Å². The molecule has 0 spiro atoms. The van der Waals surface area contributed by atoms with E-state index >= 15 is 0 Å². The lowest BCUT2D eigenvalue weighted by atomic mass is 10.0. The number of aromatic amines is 1. The minimum Gasteiger partial charge on any atom is -0.309 e. The minimum absolute atomic E-state index is 0.243. The molecule has 31 heavy (non-hydrogen) atoms. The molecule has 3 aromatic rings. The smallest absolute Gasteiger partial charge is 0.309 e. The Morgan fingerprint density at radius 3 is 2.48 bits per heavy atom. The van der Waals surface area contributed by atoms with Crippen LogP contribution in [0.4, 0.5) is 16.3 Å². The normalized spacial score (nSPS) is 14.5. The van der Waals surface area contributed by atoms with Crippen LogP contribution in [0, 0.1) is 6.92 Å². The van der Waals surface area contributed by atoms with Crippen LogP contribution in [0.5, 0.6) is 0 Å². The van der Waals surface area contributed by atoms with Gasteiger partial charge in [0.25, 0.3) is 5.91 Å². The zero-order chi connectivity index (χ0) is 22.5. The van der Waals surface area contributed by atoms with E-state index in [2.05, 4.69) is 25.9 Å². The maximum Gasteiger partial charge on any atom is 0.323 e. The fourth-order valence-electron chi connectivity index (χ4n) is 3.73. The van der Waals surface area contributed by atoms with Crippen LogP contribution in [-0.2, 0) is 19.1 Å². The van der Waals surface area contributed by atoms with Crippen molar-refractivity contribution < 1.29 is 9.59 Å². The molecule has 0 saturated heterocycles.